The number of carbonyl (C=O) groups excluding carboxylic acids is 1. The summed E-state index contributed by atoms with van der Waals surface area (Å²) in [7, 11) is 1.53. The Balaban J connectivity index is 1.59. The van der Waals surface area contributed by atoms with E-state index in [1.54, 1.807) is 51.9 Å². The fourth-order valence-electron chi connectivity index (χ4n) is 5.12. The van der Waals surface area contributed by atoms with E-state index in [0.29, 0.717) is 61.3 Å². The molecule has 0 aliphatic carbocycles. The van der Waals surface area contributed by atoms with Gasteiger partial charge in [0.05, 0.1) is 32.5 Å². The van der Waals surface area contributed by atoms with Crippen LogP contribution < -0.4 is 24.4 Å². The molecule has 0 radical (unpaired) electrons. The molecule has 4 aromatic rings. The molecule has 7 nitrogen and oxygen atoms in total. The average molecular weight is 746 g/mol. The maximum absolute atomic E-state index is 14.2. The fourth-order valence-corrected chi connectivity index (χ4v) is 7.07. The molecule has 44 heavy (non-hydrogen) atoms. The number of methoxy groups -OCH3 is 1. The van der Waals surface area contributed by atoms with Crippen LogP contribution in [0.1, 0.15) is 43.5 Å². The molecule has 0 N–H and O–H groups in total. The molecule has 1 aliphatic heterocycles. The van der Waals surface area contributed by atoms with Crippen molar-refractivity contribution < 1.29 is 18.7 Å². The first-order valence-corrected chi connectivity index (χ1v) is 16.2. The molecular formula is C33H30ClFIN3O4S. The van der Waals surface area contributed by atoms with Gasteiger partial charge in [0.15, 0.2) is 16.3 Å². The van der Waals surface area contributed by atoms with Crippen molar-refractivity contribution >= 4 is 57.5 Å². The van der Waals surface area contributed by atoms with Crippen LogP contribution in [0.4, 0.5) is 4.39 Å². The monoisotopic (exact) mass is 745 g/mol. The third kappa shape index (κ3) is 6.33. The second-order valence-electron chi connectivity index (χ2n) is 10.0. The highest BCUT2D eigenvalue weighted by Gasteiger charge is 2.34. The number of hydrogen-bond acceptors (Lipinski definition) is 6. The molecular weight excluding hydrogens is 716 g/mol. The Hall–Kier alpha value is -3.48. The largest absolute Gasteiger partial charge is 0.493 e. The first kappa shape index (κ1) is 31.9. The molecule has 0 bridgehead atoms. The predicted molar refractivity (Wildman–Crippen MR) is 180 cm³/mol. The summed E-state index contributed by atoms with van der Waals surface area (Å²) in [5.74, 6) is 0.431. The van der Waals surface area contributed by atoms with Crippen LogP contribution in [0.2, 0.25) is 5.02 Å². The molecule has 11 heteroatoms. The Labute approximate surface area is 277 Å². The summed E-state index contributed by atoms with van der Waals surface area (Å²) in [6.45, 7) is 6.76. The van der Waals surface area contributed by atoms with E-state index >= 15 is 0 Å². The second kappa shape index (κ2) is 13.7. The highest BCUT2D eigenvalue weighted by molar-refractivity contribution is 14.1. The van der Waals surface area contributed by atoms with E-state index in [2.05, 4.69) is 22.6 Å². The summed E-state index contributed by atoms with van der Waals surface area (Å²) in [5, 5.41) is 0.559. The van der Waals surface area contributed by atoms with Crippen molar-refractivity contribution in [1.29, 1.82) is 0 Å². The Morgan fingerprint density at radius 3 is 2.52 bits per heavy atom. The number of hydrogen-bond donors (Lipinski definition) is 0. The summed E-state index contributed by atoms with van der Waals surface area (Å²) in [6.07, 6.45) is 1.78. The van der Waals surface area contributed by atoms with Gasteiger partial charge in [0.2, 0.25) is 0 Å². The van der Waals surface area contributed by atoms with E-state index in [-0.39, 0.29) is 23.9 Å². The number of ether oxygens (including phenoxy) is 2. The van der Waals surface area contributed by atoms with E-state index in [1.165, 1.54) is 24.5 Å². The van der Waals surface area contributed by atoms with Crippen molar-refractivity contribution in [3.05, 3.63) is 123 Å². The number of carbonyl (C=O) groups is 1. The normalized spacial score (nSPS) is 14.7. The lowest BCUT2D eigenvalue weighted by Gasteiger charge is -2.29. The predicted octanol–water partition coefficient (Wildman–Crippen LogP) is 6.09. The van der Waals surface area contributed by atoms with Crippen LogP contribution in [0, 0.1) is 9.39 Å². The summed E-state index contributed by atoms with van der Waals surface area (Å²) < 4.78 is 28.5. The molecule has 0 unspecified atom stereocenters. The van der Waals surface area contributed by atoms with E-state index < -0.39 is 6.04 Å². The number of rotatable bonds is 9. The number of aromatic nitrogens is 1. The van der Waals surface area contributed by atoms with Crippen molar-refractivity contribution in [1.82, 2.24) is 9.47 Å². The van der Waals surface area contributed by atoms with Crippen molar-refractivity contribution in [2.24, 2.45) is 4.99 Å². The molecule has 2 heterocycles. The number of likely N-dealkylation sites (N-methyl/N-ethyl adjacent to an activating group) is 1. The van der Waals surface area contributed by atoms with Gasteiger partial charge in [-0.25, -0.2) is 9.38 Å². The van der Waals surface area contributed by atoms with Gasteiger partial charge >= 0.3 is 0 Å². The SMILES string of the molecule is CCN(CC)C(=O)C1=C(C)N=c2s/c(=C/c3cc(I)c(OCc4ccccc4F)c(OC)c3)c(=O)n2[C@@H]1c1ccc(Cl)cc1. The van der Waals surface area contributed by atoms with E-state index in [0.717, 1.165) is 9.13 Å². The zero-order valence-corrected chi connectivity index (χ0v) is 28.3. The maximum atomic E-state index is 14.2. The van der Waals surface area contributed by atoms with E-state index in [1.807, 2.05) is 39.0 Å². The van der Waals surface area contributed by atoms with Crippen LogP contribution in [0.15, 0.2) is 81.7 Å². The number of allylic oxidation sites excluding steroid dienone is 1. The molecule has 1 aliphatic rings. The van der Waals surface area contributed by atoms with Gasteiger partial charge in [-0.15, -0.1) is 0 Å². The Kier molecular flexibility index (Phi) is 9.91. The lowest BCUT2D eigenvalue weighted by atomic mass is 9.94. The van der Waals surface area contributed by atoms with Crippen LogP contribution in [0.3, 0.4) is 0 Å². The quantitative estimate of drug-likeness (QED) is 0.195. The van der Waals surface area contributed by atoms with Crippen molar-refractivity contribution in [3.8, 4) is 11.5 Å². The molecule has 5 rings (SSSR count). The highest BCUT2D eigenvalue weighted by atomic mass is 127. The second-order valence-corrected chi connectivity index (χ2v) is 12.6. The minimum Gasteiger partial charge on any atom is -0.493 e. The highest BCUT2D eigenvalue weighted by Crippen LogP contribution is 2.35. The lowest BCUT2D eigenvalue weighted by molar-refractivity contribution is -0.127. The summed E-state index contributed by atoms with van der Waals surface area (Å²) in [4.78, 5) is 34.8. The van der Waals surface area contributed by atoms with Gasteiger partial charge in [-0.2, -0.15) is 0 Å². The van der Waals surface area contributed by atoms with Gasteiger partial charge in [-0.1, -0.05) is 53.3 Å². The van der Waals surface area contributed by atoms with Gasteiger partial charge in [0.25, 0.3) is 11.5 Å². The van der Waals surface area contributed by atoms with Crippen molar-refractivity contribution in [2.45, 2.75) is 33.4 Å². The van der Waals surface area contributed by atoms with Crippen LogP contribution in [0.5, 0.6) is 11.5 Å². The maximum Gasteiger partial charge on any atom is 0.271 e. The van der Waals surface area contributed by atoms with Crippen LogP contribution in [0.25, 0.3) is 6.08 Å². The van der Waals surface area contributed by atoms with E-state index in [9.17, 15) is 14.0 Å². The number of benzene rings is 3. The first-order chi connectivity index (χ1) is 21.2. The molecule has 1 amide bonds. The van der Waals surface area contributed by atoms with Gasteiger partial charge in [-0.3, -0.25) is 14.2 Å². The average Bonchev–Trinajstić information content (AvgIpc) is 3.31. The molecule has 1 atom stereocenters. The standard InChI is InChI=1S/C33H30ClFIN3O4S/c1-5-38(6-2)32(41)28-19(3)37-33-39(29(28)21-11-13-23(34)14-12-21)31(40)27(44-33)17-20-15-25(36)30(26(16-20)42-4)43-18-22-9-7-8-10-24(22)35/h7-17,29H,5-6,18H2,1-4H3/b27-17+/t29-/m1/s1. The Morgan fingerprint density at radius 2 is 1.86 bits per heavy atom. The van der Waals surface area contributed by atoms with Gasteiger partial charge in [0, 0.05) is 23.7 Å². The summed E-state index contributed by atoms with van der Waals surface area (Å²) in [5.41, 5.74) is 2.68. The Morgan fingerprint density at radius 1 is 1.16 bits per heavy atom. The van der Waals surface area contributed by atoms with E-state index in [4.69, 9.17) is 26.1 Å². The van der Waals surface area contributed by atoms with Crippen LogP contribution in [-0.2, 0) is 11.4 Å². The molecule has 228 valence electrons. The number of nitrogens with zero attached hydrogens (tertiary/aromatic N) is 3. The third-order valence-corrected chi connectivity index (χ3v) is 9.40. The summed E-state index contributed by atoms with van der Waals surface area (Å²) in [6, 6.07) is 16.6. The van der Waals surface area contributed by atoms with Gasteiger partial charge < -0.3 is 14.4 Å². The minimum absolute atomic E-state index is 0.0373. The van der Waals surface area contributed by atoms with Crippen LogP contribution >= 0.6 is 45.5 Å². The van der Waals surface area contributed by atoms with Crippen molar-refractivity contribution in [2.75, 3.05) is 20.2 Å². The molecule has 3 aromatic carbocycles. The van der Waals surface area contributed by atoms with Crippen molar-refractivity contribution in [3.63, 3.8) is 0 Å². The topological polar surface area (TPSA) is 73.1 Å². The molecule has 0 saturated heterocycles. The number of halogens is 3. The third-order valence-electron chi connectivity index (χ3n) is 7.37. The molecule has 0 saturated carbocycles. The summed E-state index contributed by atoms with van der Waals surface area (Å²) >= 11 is 9.58. The molecule has 0 spiro atoms. The lowest BCUT2D eigenvalue weighted by Crippen LogP contribution is -2.43. The van der Waals surface area contributed by atoms with Gasteiger partial charge in [0.1, 0.15) is 12.4 Å². The van der Waals surface area contributed by atoms with Gasteiger partial charge in [-0.05, 0) is 90.9 Å². The number of amides is 1. The first-order valence-electron chi connectivity index (χ1n) is 14.0. The molecule has 0 fully saturated rings. The molecule has 1 aromatic heterocycles. The zero-order chi connectivity index (χ0) is 31.5. The smallest absolute Gasteiger partial charge is 0.271 e. The number of fused-ring (bicyclic) bond motifs is 1. The zero-order valence-electron chi connectivity index (χ0n) is 24.6. The fraction of sp³-hybridized carbons (Fsp3) is 0.242. The Bertz CT molecular complexity index is 1930. The number of thiazole rings is 1. The minimum atomic E-state index is -0.664. The van der Waals surface area contributed by atoms with Crippen LogP contribution in [-0.4, -0.2) is 35.6 Å².